The van der Waals surface area contributed by atoms with Crippen molar-refractivity contribution in [1.29, 1.82) is 0 Å². The number of hydrogen-bond donors (Lipinski definition) is 2. The van der Waals surface area contributed by atoms with Gasteiger partial charge in [-0.1, -0.05) is 12.1 Å². The van der Waals surface area contributed by atoms with E-state index in [1.165, 1.54) is 17.6 Å². The summed E-state index contributed by atoms with van der Waals surface area (Å²) < 4.78 is 12.1. The molecular formula is C26H24N4O5. The SMILES string of the molecule is COC(=O)c1ccc(NC(=O)Nc2ccc(C)c(OCc3cc(=O)n4cccc(C)c4n3)c2)cc1. The number of methoxy groups -OCH3 is 1. The maximum absolute atomic E-state index is 12.4. The first-order valence-electron chi connectivity index (χ1n) is 10.8. The molecule has 0 atom stereocenters. The smallest absolute Gasteiger partial charge is 0.337 e. The number of nitrogens with zero attached hydrogens (tertiary/aromatic N) is 2. The van der Waals surface area contributed by atoms with Crippen LogP contribution >= 0.6 is 0 Å². The molecule has 0 fully saturated rings. The van der Waals surface area contributed by atoms with Gasteiger partial charge in [-0.05, 0) is 61.4 Å². The topological polar surface area (TPSA) is 111 Å². The molecule has 2 heterocycles. The van der Waals surface area contributed by atoms with E-state index in [2.05, 4.69) is 20.4 Å². The van der Waals surface area contributed by atoms with Gasteiger partial charge in [0, 0.05) is 29.7 Å². The molecule has 2 aromatic carbocycles. The summed E-state index contributed by atoms with van der Waals surface area (Å²) in [4.78, 5) is 40.9. The molecule has 9 nitrogen and oxygen atoms in total. The van der Waals surface area contributed by atoms with Gasteiger partial charge in [-0.3, -0.25) is 9.20 Å². The Morgan fingerprint density at radius 2 is 1.66 bits per heavy atom. The van der Waals surface area contributed by atoms with Gasteiger partial charge in [-0.15, -0.1) is 0 Å². The largest absolute Gasteiger partial charge is 0.487 e. The van der Waals surface area contributed by atoms with Crippen LogP contribution in [0.15, 0.2) is 71.7 Å². The standard InChI is InChI=1S/C26H24N4O5/c1-16-6-9-20(29-26(33)28-19-10-7-18(8-11-19)25(32)34-3)13-22(16)35-15-21-14-23(31)30-12-4-5-17(2)24(30)27-21/h4-14H,15H2,1-3H3,(H2,28,29,33). The summed E-state index contributed by atoms with van der Waals surface area (Å²) >= 11 is 0. The predicted octanol–water partition coefficient (Wildman–Crippen LogP) is 4.32. The van der Waals surface area contributed by atoms with Crippen LogP contribution in [0.5, 0.6) is 5.75 Å². The second kappa shape index (κ2) is 10.1. The highest BCUT2D eigenvalue weighted by Gasteiger charge is 2.10. The molecule has 4 aromatic rings. The average molecular weight is 473 g/mol. The molecule has 35 heavy (non-hydrogen) atoms. The van der Waals surface area contributed by atoms with Gasteiger partial charge >= 0.3 is 12.0 Å². The average Bonchev–Trinajstić information content (AvgIpc) is 2.85. The van der Waals surface area contributed by atoms with Crippen molar-refractivity contribution in [3.63, 3.8) is 0 Å². The molecule has 4 rings (SSSR count). The molecule has 0 spiro atoms. The number of benzene rings is 2. The van der Waals surface area contributed by atoms with Crippen molar-refractivity contribution in [3.05, 3.63) is 99.6 Å². The Labute approximate surface area is 201 Å². The second-order valence-electron chi connectivity index (χ2n) is 7.89. The van der Waals surface area contributed by atoms with Crippen molar-refractivity contribution in [2.75, 3.05) is 17.7 Å². The van der Waals surface area contributed by atoms with E-state index in [4.69, 9.17) is 4.74 Å². The highest BCUT2D eigenvalue weighted by atomic mass is 16.5. The number of carbonyl (C=O) groups is 2. The molecule has 0 bridgehead atoms. The highest BCUT2D eigenvalue weighted by molar-refractivity contribution is 6.00. The van der Waals surface area contributed by atoms with E-state index in [0.717, 1.165) is 11.1 Å². The first-order chi connectivity index (χ1) is 16.8. The normalized spacial score (nSPS) is 10.6. The quantitative estimate of drug-likeness (QED) is 0.404. The molecule has 178 valence electrons. The number of anilines is 2. The third-order valence-corrected chi connectivity index (χ3v) is 5.32. The maximum atomic E-state index is 12.4. The van der Waals surface area contributed by atoms with Crippen LogP contribution < -0.4 is 20.9 Å². The summed E-state index contributed by atoms with van der Waals surface area (Å²) in [6, 6.07) is 16.3. The molecule has 2 N–H and O–H groups in total. The Balaban J connectivity index is 1.43. The van der Waals surface area contributed by atoms with Crippen LogP contribution in [0.25, 0.3) is 5.65 Å². The predicted molar refractivity (Wildman–Crippen MR) is 132 cm³/mol. The van der Waals surface area contributed by atoms with E-state index in [9.17, 15) is 14.4 Å². The zero-order valence-electron chi connectivity index (χ0n) is 19.5. The van der Waals surface area contributed by atoms with Crippen molar-refractivity contribution in [1.82, 2.24) is 9.38 Å². The van der Waals surface area contributed by atoms with Crippen LogP contribution in [-0.4, -0.2) is 28.5 Å². The highest BCUT2D eigenvalue weighted by Crippen LogP contribution is 2.24. The Hall–Kier alpha value is -4.66. The zero-order valence-corrected chi connectivity index (χ0v) is 19.5. The third kappa shape index (κ3) is 5.47. The first-order valence-corrected chi connectivity index (χ1v) is 10.8. The van der Waals surface area contributed by atoms with Gasteiger partial charge in [0.15, 0.2) is 0 Å². The summed E-state index contributed by atoms with van der Waals surface area (Å²) in [6.07, 6.45) is 1.68. The van der Waals surface area contributed by atoms with Crippen molar-refractivity contribution in [2.45, 2.75) is 20.5 Å². The van der Waals surface area contributed by atoms with Gasteiger partial charge in [0.2, 0.25) is 0 Å². The molecule has 2 amide bonds. The molecule has 0 saturated heterocycles. The summed E-state index contributed by atoms with van der Waals surface area (Å²) in [5.74, 6) is 0.101. The van der Waals surface area contributed by atoms with Crippen molar-refractivity contribution in [2.24, 2.45) is 0 Å². The van der Waals surface area contributed by atoms with Crippen LogP contribution in [0.3, 0.4) is 0 Å². The van der Waals surface area contributed by atoms with Gasteiger partial charge in [-0.25, -0.2) is 14.6 Å². The summed E-state index contributed by atoms with van der Waals surface area (Å²) in [5, 5.41) is 5.46. The van der Waals surface area contributed by atoms with Gasteiger partial charge in [-0.2, -0.15) is 0 Å². The van der Waals surface area contributed by atoms with Crippen LogP contribution in [0.2, 0.25) is 0 Å². The number of carbonyl (C=O) groups excluding carboxylic acids is 2. The van der Waals surface area contributed by atoms with E-state index < -0.39 is 12.0 Å². The lowest BCUT2D eigenvalue weighted by molar-refractivity contribution is 0.0600. The van der Waals surface area contributed by atoms with Crippen LogP contribution in [0.4, 0.5) is 16.2 Å². The molecule has 9 heteroatoms. The fourth-order valence-electron chi connectivity index (χ4n) is 3.47. The minimum Gasteiger partial charge on any atom is -0.487 e. The third-order valence-electron chi connectivity index (χ3n) is 5.32. The van der Waals surface area contributed by atoms with E-state index in [-0.39, 0.29) is 12.2 Å². The molecule has 0 aliphatic heterocycles. The number of pyridine rings is 1. The Morgan fingerprint density at radius 1 is 0.943 bits per heavy atom. The van der Waals surface area contributed by atoms with Crippen molar-refractivity contribution in [3.8, 4) is 5.75 Å². The molecule has 2 aromatic heterocycles. The molecule has 0 saturated carbocycles. The van der Waals surface area contributed by atoms with E-state index >= 15 is 0 Å². The number of nitrogens with one attached hydrogen (secondary N) is 2. The van der Waals surface area contributed by atoms with Crippen molar-refractivity contribution >= 4 is 29.0 Å². The van der Waals surface area contributed by atoms with Crippen LogP contribution in [-0.2, 0) is 11.3 Å². The maximum Gasteiger partial charge on any atom is 0.337 e. The minimum atomic E-state index is -0.453. The number of hydrogen-bond acceptors (Lipinski definition) is 6. The summed E-state index contributed by atoms with van der Waals surface area (Å²) in [7, 11) is 1.31. The fraction of sp³-hybridized carbons (Fsp3) is 0.154. The van der Waals surface area contributed by atoms with Gasteiger partial charge < -0.3 is 20.1 Å². The van der Waals surface area contributed by atoms with Gasteiger partial charge in [0.1, 0.15) is 18.0 Å². The number of aromatic nitrogens is 2. The lowest BCUT2D eigenvalue weighted by atomic mass is 10.2. The lowest BCUT2D eigenvalue weighted by Gasteiger charge is -2.13. The molecule has 0 aliphatic carbocycles. The Bertz CT molecular complexity index is 1460. The Kier molecular flexibility index (Phi) is 6.77. The van der Waals surface area contributed by atoms with Crippen LogP contribution in [0.1, 0.15) is 27.2 Å². The lowest BCUT2D eigenvalue weighted by Crippen LogP contribution is -2.19. The number of esters is 1. The first kappa shape index (κ1) is 23.5. The van der Waals surface area contributed by atoms with E-state index in [1.54, 1.807) is 48.7 Å². The number of rotatable bonds is 6. The number of amides is 2. The summed E-state index contributed by atoms with van der Waals surface area (Å²) in [5.41, 5.74) is 4.10. The minimum absolute atomic E-state index is 0.100. The Morgan fingerprint density at radius 3 is 2.40 bits per heavy atom. The van der Waals surface area contributed by atoms with E-state index in [0.29, 0.717) is 34.0 Å². The number of urea groups is 1. The van der Waals surface area contributed by atoms with E-state index in [1.807, 2.05) is 26.0 Å². The molecule has 0 unspecified atom stereocenters. The number of ether oxygens (including phenoxy) is 2. The summed E-state index contributed by atoms with van der Waals surface area (Å²) in [6.45, 7) is 3.88. The number of aryl methyl sites for hydroxylation is 2. The molecular weight excluding hydrogens is 448 g/mol. The molecule has 0 aliphatic rings. The van der Waals surface area contributed by atoms with Gasteiger partial charge in [0.05, 0.1) is 18.4 Å². The van der Waals surface area contributed by atoms with Crippen molar-refractivity contribution < 1.29 is 19.1 Å². The monoisotopic (exact) mass is 472 g/mol. The number of fused-ring (bicyclic) bond motifs is 1. The second-order valence-corrected chi connectivity index (χ2v) is 7.89. The fourth-order valence-corrected chi connectivity index (χ4v) is 3.47. The van der Waals surface area contributed by atoms with Gasteiger partial charge in [0.25, 0.3) is 5.56 Å². The van der Waals surface area contributed by atoms with Crippen LogP contribution in [0, 0.1) is 13.8 Å². The molecule has 0 radical (unpaired) electrons. The zero-order chi connectivity index (χ0) is 24.9.